The van der Waals surface area contributed by atoms with Crippen LogP contribution in [0.25, 0.3) is 0 Å². The molecule has 1 amide bonds. The molecule has 0 saturated carbocycles. The van der Waals surface area contributed by atoms with E-state index in [2.05, 4.69) is 21.2 Å². The number of halogens is 1. The number of sulfone groups is 1. The number of amides is 1. The Balaban J connectivity index is 2.02. The van der Waals surface area contributed by atoms with Crippen molar-refractivity contribution >= 4 is 37.4 Å². The lowest BCUT2D eigenvalue weighted by Gasteiger charge is -2.11. The average Bonchev–Trinajstić information content (AvgIpc) is 2.61. The Morgan fingerprint density at radius 1 is 1.08 bits per heavy atom. The number of nitrogens with one attached hydrogen (secondary N) is 1. The SMILES string of the molecule is COc1ccc(NC(=O)CCS(=O)(=O)c2ccc(Br)cc2)c(OC)c1. The Labute approximate surface area is 155 Å². The number of rotatable bonds is 7. The van der Waals surface area contributed by atoms with Crippen molar-refractivity contribution in [2.45, 2.75) is 11.3 Å². The lowest BCUT2D eigenvalue weighted by molar-refractivity contribution is -0.115. The number of hydrogen-bond donors (Lipinski definition) is 1. The smallest absolute Gasteiger partial charge is 0.225 e. The van der Waals surface area contributed by atoms with Gasteiger partial charge in [-0.3, -0.25) is 4.79 Å². The Hall–Kier alpha value is -2.06. The first kappa shape index (κ1) is 19.3. The number of anilines is 1. The van der Waals surface area contributed by atoms with Gasteiger partial charge in [-0.15, -0.1) is 0 Å². The zero-order valence-corrected chi connectivity index (χ0v) is 16.2. The second kappa shape index (κ2) is 8.35. The third-order valence-electron chi connectivity index (χ3n) is 3.45. The summed E-state index contributed by atoms with van der Waals surface area (Å²) in [5.41, 5.74) is 0.453. The Kier molecular flexibility index (Phi) is 6.44. The first-order valence-corrected chi connectivity index (χ1v) is 9.80. The minimum Gasteiger partial charge on any atom is -0.497 e. The summed E-state index contributed by atoms with van der Waals surface area (Å²) in [6, 6.07) is 11.3. The van der Waals surface area contributed by atoms with E-state index in [4.69, 9.17) is 9.47 Å². The molecule has 0 fully saturated rings. The molecule has 0 bridgehead atoms. The van der Waals surface area contributed by atoms with E-state index in [1.54, 1.807) is 30.3 Å². The van der Waals surface area contributed by atoms with Gasteiger partial charge in [-0.1, -0.05) is 15.9 Å². The van der Waals surface area contributed by atoms with E-state index in [1.165, 1.54) is 26.4 Å². The maximum absolute atomic E-state index is 12.3. The van der Waals surface area contributed by atoms with Gasteiger partial charge in [0, 0.05) is 17.0 Å². The van der Waals surface area contributed by atoms with Crippen molar-refractivity contribution in [1.82, 2.24) is 0 Å². The van der Waals surface area contributed by atoms with Crippen LogP contribution in [0.4, 0.5) is 5.69 Å². The molecule has 0 heterocycles. The maximum Gasteiger partial charge on any atom is 0.225 e. The topological polar surface area (TPSA) is 81.7 Å². The summed E-state index contributed by atoms with van der Waals surface area (Å²) in [6.45, 7) is 0. The van der Waals surface area contributed by atoms with Crippen molar-refractivity contribution in [2.75, 3.05) is 25.3 Å². The molecule has 2 rings (SSSR count). The molecule has 0 aliphatic heterocycles. The van der Waals surface area contributed by atoms with Crippen LogP contribution in [0.1, 0.15) is 6.42 Å². The zero-order chi connectivity index (χ0) is 18.4. The summed E-state index contributed by atoms with van der Waals surface area (Å²) in [5, 5.41) is 2.65. The largest absolute Gasteiger partial charge is 0.497 e. The van der Waals surface area contributed by atoms with E-state index in [9.17, 15) is 13.2 Å². The molecule has 0 aliphatic rings. The van der Waals surface area contributed by atoms with Crippen LogP contribution in [0.3, 0.4) is 0 Å². The molecular formula is C17H18BrNO5S. The predicted molar refractivity (Wildman–Crippen MR) is 99.0 cm³/mol. The monoisotopic (exact) mass is 427 g/mol. The summed E-state index contributed by atoms with van der Waals surface area (Å²) in [6.07, 6.45) is -0.159. The first-order valence-electron chi connectivity index (χ1n) is 7.36. The second-order valence-corrected chi connectivity index (χ2v) is 8.16. The predicted octanol–water partition coefficient (Wildman–Crippen LogP) is 3.27. The molecule has 0 atom stereocenters. The molecule has 8 heteroatoms. The Morgan fingerprint density at radius 3 is 2.36 bits per heavy atom. The maximum atomic E-state index is 12.3. The molecule has 0 aromatic heterocycles. The molecule has 6 nitrogen and oxygen atoms in total. The first-order chi connectivity index (χ1) is 11.9. The van der Waals surface area contributed by atoms with Crippen LogP contribution in [0, 0.1) is 0 Å². The lowest BCUT2D eigenvalue weighted by atomic mass is 10.2. The summed E-state index contributed by atoms with van der Waals surface area (Å²) in [5.74, 6) is 0.333. The molecule has 0 radical (unpaired) electrons. The van der Waals surface area contributed by atoms with Crippen molar-refractivity contribution in [3.63, 3.8) is 0 Å². The van der Waals surface area contributed by atoms with E-state index in [0.29, 0.717) is 17.2 Å². The molecule has 0 saturated heterocycles. The molecule has 2 aromatic rings. The molecule has 2 aromatic carbocycles. The van der Waals surface area contributed by atoms with Crippen LogP contribution in [-0.2, 0) is 14.6 Å². The van der Waals surface area contributed by atoms with Crippen LogP contribution >= 0.6 is 15.9 Å². The number of ether oxygens (including phenoxy) is 2. The third-order valence-corrected chi connectivity index (χ3v) is 5.71. The fourth-order valence-electron chi connectivity index (χ4n) is 2.10. The Bertz CT molecular complexity index is 850. The summed E-state index contributed by atoms with van der Waals surface area (Å²) in [4.78, 5) is 12.3. The van der Waals surface area contributed by atoms with E-state index in [-0.39, 0.29) is 17.1 Å². The van der Waals surface area contributed by atoms with Gasteiger partial charge in [0.1, 0.15) is 11.5 Å². The summed E-state index contributed by atoms with van der Waals surface area (Å²) in [7, 11) is -0.521. The lowest BCUT2D eigenvalue weighted by Crippen LogP contribution is -2.17. The van der Waals surface area contributed by atoms with Gasteiger partial charge < -0.3 is 14.8 Å². The molecular weight excluding hydrogens is 410 g/mol. The quantitative estimate of drug-likeness (QED) is 0.732. The average molecular weight is 428 g/mol. The van der Waals surface area contributed by atoms with Crippen molar-refractivity contribution in [3.05, 3.63) is 46.9 Å². The van der Waals surface area contributed by atoms with Gasteiger partial charge in [-0.05, 0) is 36.4 Å². The fourth-order valence-corrected chi connectivity index (χ4v) is 3.61. The van der Waals surface area contributed by atoms with Crippen molar-refractivity contribution < 1.29 is 22.7 Å². The number of carbonyl (C=O) groups is 1. The van der Waals surface area contributed by atoms with E-state index in [0.717, 1.165) is 4.47 Å². The highest BCUT2D eigenvalue weighted by atomic mass is 79.9. The van der Waals surface area contributed by atoms with Crippen molar-refractivity contribution in [1.29, 1.82) is 0 Å². The van der Waals surface area contributed by atoms with E-state index >= 15 is 0 Å². The number of carbonyl (C=O) groups excluding carboxylic acids is 1. The molecule has 0 unspecified atom stereocenters. The molecule has 0 spiro atoms. The minimum atomic E-state index is -3.52. The number of methoxy groups -OCH3 is 2. The van der Waals surface area contributed by atoms with Crippen molar-refractivity contribution in [3.8, 4) is 11.5 Å². The molecule has 25 heavy (non-hydrogen) atoms. The highest BCUT2D eigenvalue weighted by molar-refractivity contribution is 9.10. The number of hydrogen-bond acceptors (Lipinski definition) is 5. The molecule has 0 aliphatic carbocycles. The highest BCUT2D eigenvalue weighted by Crippen LogP contribution is 2.29. The zero-order valence-electron chi connectivity index (χ0n) is 13.8. The van der Waals surface area contributed by atoms with Crippen LogP contribution in [-0.4, -0.2) is 34.3 Å². The standard InChI is InChI=1S/C17H18BrNO5S/c1-23-13-5-8-15(16(11-13)24-2)19-17(20)9-10-25(21,22)14-6-3-12(18)4-7-14/h3-8,11H,9-10H2,1-2H3,(H,19,20). The van der Waals surface area contributed by atoms with Gasteiger partial charge in [0.25, 0.3) is 0 Å². The summed E-state index contributed by atoms with van der Waals surface area (Å²) >= 11 is 3.26. The van der Waals surface area contributed by atoms with Crippen LogP contribution in [0.2, 0.25) is 0 Å². The van der Waals surface area contributed by atoms with E-state index in [1.807, 2.05) is 0 Å². The van der Waals surface area contributed by atoms with Gasteiger partial charge in [0.15, 0.2) is 9.84 Å². The normalized spacial score (nSPS) is 11.0. The van der Waals surface area contributed by atoms with Crippen LogP contribution < -0.4 is 14.8 Å². The third kappa shape index (κ3) is 5.20. The van der Waals surface area contributed by atoms with Gasteiger partial charge in [0.2, 0.25) is 5.91 Å². The Morgan fingerprint density at radius 2 is 1.76 bits per heavy atom. The highest BCUT2D eigenvalue weighted by Gasteiger charge is 2.17. The minimum absolute atomic E-state index is 0.159. The second-order valence-electron chi connectivity index (χ2n) is 5.14. The number of benzene rings is 2. The van der Waals surface area contributed by atoms with Gasteiger partial charge in [-0.2, -0.15) is 0 Å². The summed E-state index contributed by atoms with van der Waals surface area (Å²) < 4.78 is 35.6. The van der Waals surface area contributed by atoms with Gasteiger partial charge in [-0.25, -0.2) is 8.42 Å². The van der Waals surface area contributed by atoms with E-state index < -0.39 is 15.7 Å². The van der Waals surface area contributed by atoms with Gasteiger partial charge >= 0.3 is 0 Å². The van der Waals surface area contributed by atoms with Crippen LogP contribution in [0.15, 0.2) is 51.8 Å². The van der Waals surface area contributed by atoms with Gasteiger partial charge in [0.05, 0.1) is 30.6 Å². The molecule has 1 N–H and O–H groups in total. The van der Waals surface area contributed by atoms with Crippen LogP contribution in [0.5, 0.6) is 11.5 Å². The molecule has 134 valence electrons. The fraction of sp³-hybridized carbons (Fsp3) is 0.235. The van der Waals surface area contributed by atoms with Crippen molar-refractivity contribution in [2.24, 2.45) is 0 Å².